The number of nitrogens with zero attached hydrogens (tertiary/aromatic N) is 4. The van der Waals surface area contributed by atoms with Gasteiger partial charge in [0.15, 0.2) is 0 Å². The van der Waals surface area contributed by atoms with E-state index in [4.69, 9.17) is 10.3 Å². The summed E-state index contributed by atoms with van der Waals surface area (Å²) in [5.74, 6) is 0. The minimum absolute atomic E-state index is 0. The van der Waals surface area contributed by atoms with Crippen LogP contribution in [0.15, 0.2) is 65.6 Å². The second kappa shape index (κ2) is 14.0. The summed E-state index contributed by atoms with van der Waals surface area (Å²) in [6.07, 6.45) is 17.2. The van der Waals surface area contributed by atoms with Crippen molar-refractivity contribution in [1.82, 2.24) is 9.97 Å². The van der Waals surface area contributed by atoms with Crippen LogP contribution >= 0.6 is 0 Å². The van der Waals surface area contributed by atoms with Crippen molar-refractivity contribution in [3.63, 3.8) is 0 Å². The molecule has 44 heavy (non-hydrogen) atoms. The maximum absolute atomic E-state index is 4.85. The molecule has 0 N–H and O–H groups in total. The second-order valence-corrected chi connectivity index (χ2v) is 13.4. The molecule has 1 aromatic heterocycles. The zero-order valence-corrected chi connectivity index (χ0v) is 29.4. The van der Waals surface area contributed by atoms with Crippen molar-refractivity contribution in [3.8, 4) is 11.3 Å². The van der Waals surface area contributed by atoms with Crippen molar-refractivity contribution < 1.29 is 20.1 Å². The molecule has 1 radical (unpaired) electrons. The summed E-state index contributed by atoms with van der Waals surface area (Å²) >= 11 is 0. The van der Waals surface area contributed by atoms with Crippen LogP contribution in [-0.2, 0) is 25.5 Å². The topological polar surface area (TPSA) is 52.2 Å². The van der Waals surface area contributed by atoms with Gasteiger partial charge >= 0.3 is 0 Å². The van der Waals surface area contributed by atoms with Gasteiger partial charge in [0.1, 0.15) is 6.33 Å². The van der Waals surface area contributed by atoms with Crippen LogP contribution in [-0.4, -0.2) is 27.8 Å². The van der Waals surface area contributed by atoms with Crippen molar-refractivity contribution in [1.29, 1.82) is 0 Å². The number of benzene rings is 3. The quantitative estimate of drug-likeness (QED) is 0.154. The molecule has 0 spiro atoms. The number of hydrogen-bond donors (Lipinski definition) is 0. The summed E-state index contributed by atoms with van der Waals surface area (Å²) in [6.45, 7) is 11.0. The molecule has 0 aliphatic heterocycles. The van der Waals surface area contributed by atoms with Crippen molar-refractivity contribution in [2.24, 2.45) is 4.99 Å². The van der Waals surface area contributed by atoms with Crippen molar-refractivity contribution in [3.05, 3.63) is 88.6 Å². The maximum atomic E-state index is 4.85. The van der Waals surface area contributed by atoms with E-state index in [9.17, 15) is 0 Å². The van der Waals surface area contributed by atoms with Gasteiger partial charge in [-0.1, -0.05) is 119 Å². The average Bonchev–Trinajstić information content (AvgIpc) is 3.00. The second-order valence-electron chi connectivity index (χ2n) is 13.4. The van der Waals surface area contributed by atoms with Gasteiger partial charge in [-0.15, -0.1) is 29.3 Å². The first-order chi connectivity index (χ1) is 20.8. The van der Waals surface area contributed by atoms with E-state index in [2.05, 4.69) is 99.2 Å². The Hall–Kier alpha value is -2.88. The Balaban J connectivity index is 0.000000176. The average molecular weight is 763 g/mol. The number of rotatable bonds is 4. The zero-order valence-electron chi connectivity index (χ0n) is 27.0. The van der Waals surface area contributed by atoms with Gasteiger partial charge in [0.05, 0.1) is 11.6 Å². The minimum Gasteiger partial charge on any atom is -0.685 e. The third-order valence-electron chi connectivity index (χ3n) is 9.61. The standard InChI is InChI=1S/C22H17N2.C17H29N2.Ir/c1-13-10-17-19-18(11-13)23-12-24-21(19)16-9-8-14-6-4-5-7-15(14)20(16)22(17,2)3;1-14(18-16-9-5-3-6-10-16)13-15(2)19-17-11-7-4-8-12-17;/h4-8,10-12H,1-3H3;13,16-17H,3-12H2,1-2H3;/q2*-1;/b;14-13-,19-15?;. The Kier molecular flexibility index (Phi) is 10.4. The summed E-state index contributed by atoms with van der Waals surface area (Å²) in [4.78, 5) is 14.0. The number of aromatic nitrogens is 2. The smallest absolute Gasteiger partial charge is 0.106 e. The molecule has 2 fully saturated rings. The molecule has 4 aromatic rings. The Morgan fingerprint density at radius 1 is 0.955 bits per heavy atom. The first kappa shape index (κ1) is 32.5. The van der Waals surface area contributed by atoms with Crippen LogP contribution in [0.2, 0.25) is 0 Å². The van der Waals surface area contributed by atoms with E-state index >= 15 is 0 Å². The van der Waals surface area contributed by atoms with E-state index in [1.54, 1.807) is 6.33 Å². The van der Waals surface area contributed by atoms with Gasteiger partial charge < -0.3 is 5.32 Å². The fourth-order valence-corrected chi connectivity index (χ4v) is 7.56. The van der Waals surface area contributed by atoms with Crippen LogP contribution in [0.3, 0.4) is 0 Å². The molecule has 0 bridgehead atoms. The molecule has 3 aromatic carbocycles. The number of aliphatic imine (C=N–C) groups is 1. The normalized spacial score (nSPS) is 18.7. The van der Waals surface area contributed by atoms with Gasteiger partial charge in [0.2, 0.25) is 0 Å². The van der Waals surface area contributed by atoms with Gasteiger partial charge in [-0.05, 0) is 60.4 Å². The van der Waals surface area contributed by atoms with Crippen molar-refractivity contribution in [2.45, 2.75) is 116 Å². The number of hydrogen-bond acceptors (Lipinski definition) is 3. The first-order valence-electron chi connectivity index (χ1n) is 16.4. The van der Waals surface area contributed by atoms with Crippen LogP contribution < -0.4 is 0 Å². The number of allylic oxidation sites excluding steroid dienone is 2. The fourth-order valence-electron chi connectivity index (χ4n) is 7.56. The molecule has 3 aliphatic rings. The van der Waals surface area contributed by atoms with E-state index in [0.717, 1.165) is 16.8 Å². The molecular weight excluding hydrogens is 717 g/mol. The third kappa shape index (κ3) is 6.85. The molecule has 233 valence electrons. The Morgan fingerprint density at radius 3 is 2.41 bits per heavy atom. The molecule has 0 unspecified atom stereocenters. The van der Waals surface area contributed by atoms with Crippen LogP contribution in [0.25, 0.3) is 38.2 Å². The first-order valence-corrected chi connectivity index (χ1v) is 16.4. The molecule has 0 saturated heterocycles. The summed E-state index contributed by atoms with van der Waals surface area (Å²) in [5, 5.41) is 8.54. The summed E-state index contributed by atoms with van der Waals surface area (Å²) in [6, 6.07) is 19.7. The fraction of sp³-hybridized carbons (Fsp3) is 0.462. The Labute approximate surface area is 277 Å². The zero-order chi connectivity index (χ0) is 30.0. The Bertz CT molecular complexity index is 1670. The molecule has 0 amide bonds. The van der Waals surface area contributed by atoms with Crippen LogP contribution in [0.5, 0.6) is 0 Å². The Morgan fingerprint density at radius 2 is 1.66 bits per heavy atom. The van der Waals surface area contributed by atoms with E-state index in [-0.39, 0.29) is 25.5 Å². The number of fused-ring (bicyclic) bond motifs is 4. The van der Waals surface area contributed by atoms with Crippen molar-refractivity contribution in [2.75, 3.05) is 0 Å². The van der Waals surface area contributed by atoms with Crippen LogP contribution in [0.1, 0.15) is 109 Å². The predicted octanol–water partition coefficient (Wildman–Crippen LogP) is 10.6. The molecule has 5 heteroatoms. The SMILES string of the molecule is CC(/C=C(/C)[N-]C1CCCCC1)=NC1CCCCC1.Cc1cc2c3c(ncnc3c1)-c1[c-]cc3ccccc3c1C2(C)C.[Ir]. The predicted molar refractivity (Wildman–Crippen MR) is 182 cm³/mol. The van der Waals surface area contributed by atoms with Crippen molar-refractivity contribution >= 4 is 27.4 Å². The van der Waals surface area contributed by atoms with Gasteiger partial charge in [-0.25, -0.2) is 4.98 Å². The summed E-state index contributed by atoms with van der Waals surface area (Å²) in [5.41, 5.74) is 9.24. The molecule has 4 nitrogen and oxygen atoms in total. The van der Waals surface area contributed by atoms with E-state index in [1.807, 2.05) is 0 Å². The maximum Gasteiger partial charge on any atom is 0.106 e. The van der Waals surface area contributed by atoms with Gasteiger partial charge in [-0.2, -0.15) is 5.70 Å². The summed E-state index contributed by atoms with van der Waals surface area (Å²) < 4.78 is 0. The van der Waals surface area contributed by atoms with Crippen LogP contribution in [0, 0.1) is 13.0 Å². The van der Waals surface area contributed by atoms with Gasteiger partial charge in [0.25, 0.3) is 0 Å². The monoisotopic (exact) mass is 763 g/mol. The third-order valence-corrected chi connectivity index (χ3v) is 9.61. The van der Waals surface area contributed by atoms with Crippen LogP contribution in [0.4, 0.5) is 0 Å². The minimum atomic E-state index is -0.116. The summed E-state index contributed by atoms with van der Waals surface area (Å²) in [7, 11) is 0. The van der Waals surface area contributed by atoms with E-state index < -0.39 is 0 Å². The van der Waals surface area contributed by atoms with Gasteiger partial charge in [0, 0.05) is 25.8 Å². The molecule has 0 atom stereocenters. The molecule has 2 saturated carbocycles. The van der Waals surface area contributed by atoms with Gasteiger partial charge in [-0.3, -0.25) is 9.98 Å². The molecular formula is C39H46IrN4-2. The molecule has 1 heterocycles. The van der Waals surface area contributed by atoms with E-state index in [1.165, 1.54) is 108 Å². The largest absolute Gasteiger partial charge is 0.685 e. The number of aryl methyl sites for hydroxylation is 1. The molecule has 3 aliphatic carbocycles. The van der Waals surface area contributed by atoms with E-state index in [0.29, 0.717) is 12.1 Å². The molecule has 7 rings (SSSR count).